The molecule has 170 valence electrons. The van der Waals surface area contributed by atoms with Gasteiger partial charge in [0, 0.05) is 19.6 Å². The number of likely N-dealkylation sites (tertiary alicyclic amines) is 1. The second-order valence-electron chi connectivity index (χ2n) is 7.70. The van der Waals surface area contributed by atoms with Crippen LogP contribution in [0.5, 0.6) is 11.5 Å². The van der Waals surface area contributed by atoms with Crippen LogP contribution in [0.4, 0.5) is 0 Å². The minimum absolute atomic E-state index is 0.0299. The van der Waals surface area contributed by atoms with E-state index in [0.29, 0.717) is 13.1 Å². The minimum Gasteiger partial charge on any atom is -0.507 e. The molecule has 0 aromatic heterocycles. The van der Waals surface area contributed by atoms with E-state index in [1.807, 2.05) is 0 Å². The first-order valence-electron chi connectivity index (χ1n) is 9.53. The highest BCUT2D eigenvalue weighted by Crippen LogP contribution is 2.34. The Balaban J connectivity index is 1.97. The third-order valence-corrected chi connectivity index (χ3v) is 4.80. The van der Waals surface area contributed by atoms with Crippen molar-refractivity contribution in [3.8, 4) is 11.5 Å². The van der Waals surface area contributed by atoms with Crippen LogP contribution in [0.25, 0.3) is 0 Å². The smallest absolute Gasteiger partial charge is 0.451 e. The van der Waals surface area contributed by atoms with Gasteiger partial charge < -0.3 is 41.2 Å². The van der Waals surface area contributed by atoms with Gasteiger partial charge in [-0.2, -0.15) is 0 Å². The lowest BCUT2D eigenvalue weighted by Gasteiger charge is -2.42. The van der Waals surface area contributed by atoms with Gasteiger partial charge in [0.1, 0.15) is 35.3 Å². The van der Waals surface area contributed by atoms with Crippen molar-refractivity contribution in [3.05, 3.63) is 23.3 Å². The Hall–Kier alpha value is -2.87. The summed E-state index contributed by atoms with van der Waals surface area (Å²) < 4.78 is 5.69. The molecule has 31 heavy (non-hydrogen) atoms. The molecule has 1 aromatic rings. The summed E-state index contributed by atoms with van der Waals surface area (Å²) >= 11 is 0. The molecule has 8 N–H and O–H groups in total. The largest absolute Gasteiger partial charge is 0.507 e. The monoisotopic (exact) mass is 439 g/mol. The first-order valence-corrected chi connectivity index (χ1v) is 9.53. The molecule has 1 fully saturated rings. The van der Waals surface area contributed by atoms with Crippen molar-refractivity contribution in [2.24, 2.45) is 5.73 Å². The molecule has 0 spiro atoms. The van der Waals surface area contributed by atoms with Gasteiger partial charge in [0.15, 0.2) is 0 Å². The van der Waals surface area contributed by atoms with E-state index in [-0.39, 0.29) is 30.6 Å². The predicted molar refractivity (Wildman–Crippen MR) is 108 cm³/mol. The lowest BCUT2D eigenvalue weighted by Crippen LogP contribution is -2.64. The number of aliphatic carboxylic acids is 1. The molecule has 1 atom stereocenters. The Kier molecular flexibility index (Phi) is 7.84. The van der Waals surface area contributed by atoms with Crippen LogP contribution in [0.2, 0.25) is 6.32 Å². The second-order valence-corrected chi connectivity index (χ2v) is 7.70. The summed E-state index contributed by atoms with van der Waals surface area (Å²) in [5.74, 6) is -3.71. The summed E-state index contributed by atoms with van der Waals surface area (Å²) in [6.45, 7) is 1.76. The highest BCUT2D eigenvalue weighted by atomic mass is 16.5. The minimum atomic E-state index is -1.58. The van der Waals surface area contributed by atoms with Crippen LogP contribution >= 0.6 is 0 Å². The highest BCUT2D eigenvalue weighted by molar-refractivity contribution is 6.41. The predicted octanol–water partition coefficient (Wildman–Crippen LogP) is -1.91. The first kappa shape index (κ1) is 24.4. The zero-order valence-corrected chi connectivity index (χ0v) is 16.9. The molecule has 1 heterocycles. The quantitative estimate of drug-likeness (QED) is 0.190. The maximum Gasteiger partial charge on any atom is 0.451 e. The van der Waals surface area contributed by atoms with E-state index in [1.165, 1.54) is 19.1 Å². The van der Waals surface area contributed by atoms with E-state index < -0.39 is 54.5 Å². The van der Waals surface area contributed by atoms with E-state index in [9.17, 15) is 24.6 Å². The van der Waals surface area contributed by atoms with Gasteiger partial charge in [-0.25, -0.2) is 4.79 Å². The molecule has 0 bridgehead atoms. The standard InChI is InChI=1S/C18H26BN3O9/c1-18(20,17(28)21-6-13(23)24)9-22-7-11(8-22)31-12-3-2-10(4-5-19(29)30)15(25)14(12)16(26)27/h2-3,11,25,29-30H,4-9,20H2,1H3,(H,21,28)(H,23,24)(H,26,27)/t18-/m1/s1. The van der Waals surface area contributed by atoms with Gasteiger partial charge >= 0.3 is 19.1 Å². The van der Waals surface area contributed by atoms with Crippen molar-refractivity contribution in [3.63, 3.8) is 0 Å². The maximum absolute atomic E-state index is 12.0. The number of benzene rings is 1. The molecule has 13 heteroatoms. The van der Waals surface area contributed by atoms with Crippen molar-refractivity contribution < 1.29 is 44.5 Å². The lowest BCUT2D eigenvalue weighted by molar-refractivity contribution is -0.139. The number of hydrogen-bond acceptors (Lipinski definition) is 9. The number of carbonyl (C=O) groups is 3. The number of nitrogens with two attached hydrogens (primary N) is 1. The SMILES string of the molecule is C[C@@](N)(CN1CC(Oc2ccc(CCB(O)O)c(O)c2C(=O)O)C1)C(=O)NCC(=O)O. The molecule has 1 saturated heterocycles. The van der Waals surface area contributed by atoms with Crippen LogP contribution in [0, 0.1) is 0 Å². The summed E-state index contributed by atoms with van der Waals surface area (Å²) in [5, 5.41) is 48.5. The molecule has 1 amide bonds. The van der Waals surface area contributed by atoms with E-state index in [1.54, 1.807) is 4.90 Å². The molecular weight excluding hydrogens is 413 g/mol. The second kappa shape index (κ2) is 9.96. The van der Waals surface area contributed by atoms with Crippen LogP contribution in [0.1, 0.15) is 22.8 Å². The number of ether oxygens (including phenoxy) is 1. The Morgan fingerprint density at radius 1 is 1.29 bits per heavy atom. The molecular formula is C18H26BN3O9. The van der Waals surface area contributed by atoms with E-state index in [2.05, 4.69) is 5.32 Å². The van der Waals surface area contributed by atoms with Crippen LogP contribution in [0.15, 0.2) is 12.1 Å². The Morgan fingerprint density at radius 2 is 1.94 bits per heavy atom. The molecule has 0 aliphatic carbocycles. The molecule has 1 aromatic carbocycles. The number of carboxylic acid groups (broad SMARTS) is 2. The molecule has 2 rings (SSSR count). The molecule has 12 nitrogen and oxygen atoms in total. The van der Waals surface area contributed by atoms with Crippen LogP contribution < -0.4 is 15.8 Å². The van der Waals surface area contributed by atoms with Crippen molar-refractivity contribution >= 4 is 25.0 Å². The number of phenols is 1. The highest BCUT2D eigenvalue weighted by Gasteiger charge is 2.37. The third-order valence-electron chi connectivity index (χ3n) is 4.80. The molecule has 0 saturated carbocycles. The number of aromatic hydroxyl groups is 1. The fourth-order valence-electron chi connectivity index (χ4n) is 3.21. The molecule has 0 radical (unpaired) electrons. The van der Waals surface area contributed by atoms with Gasteiger partial charge in [0.2, 0.25) is 5.91 Å². The average molecular weight is 439 g/mol. The van der Waals surface area contributed by atoms with Gasteiger partial charge in [0.05, 0.1) is 0 Å². The van der Waals surface area contributed by atoms with Gasteiger partial charge in [-0.1, -0.05) is 6.07 Å². The summed E-state index contributed by atoms with van der Waals surface area (Å²) in [4.78, 5) is 36.0. The van der Waals surface area contributed by atoms with Gasteiger partial charge in [0.25, 0.3) is 0 Å². The van der Waals surface area contributed by atoms with E-state index in [4.69, 9.17) is 25.6 Å². The van der Waals surface area contributed by atoms with Crippen molar-refractivity contribution in [2.45, 2.75) is 31.3 Å². The number of aryl methyl sites for hydroxylation is 1. The average Bonchev–Trinajstić information content (AvgIpc) is 2.62. The lowest BCUT2D eigenvalue weighted by atomic mass is 9.82. The Labute approximate surface area is 178 Å². The Bertz CT molecular complexity index is 841. The molecule has 1 aliphatic heterocycles. The number of amides is 1. The van der Waals surface area contributed by atoms with Gasteiger partial charge in [-0.3, -0.25) is 14.5 Å². The van der Waals surface area contributed by atoms with E-state index in [0.717, 1.165) is 0 Å². The summed E-state index contributed by atoms with van der Waals surface area (Å²) in [6, 6.07) is 2.86. The van der Waals surface area contributed by atoms with Crippen molar-refractivity contribution in [2.75, 3.05) is 26.2 Å². The number of carbonyl (C=O) groups excluding carboxylic acids is 1. The normalized spacial score (nSPS) is 16.1. The summed E-state index contributed by atoms with van der Waals surface area (Å²) in [6.07, 6.45) is -0.400. The van der Waals surface area contributed by atoms with Crippen LogP contribution in [-0.4, -0.2) is 93.1 Å². The number of rotatable bonds is 11. The number of nitrogens with zero attached hydrogens (tertiary/aromatic N) is 1. The van der Waals surface area contributed by atoms with Gasteiger partial charge in [-0.15, -0.1) is 0 Å². The third kappa shape index (κ3) is 6.56. The first-order chi connectivity index (χ1) is 14.4. The molecule has 1 aliphatic rings. The summed E-state index contributed by atoms with van der Waals surface area (Å²) in [7, 11) is -1.58. The van der Waals surface area contributed by atoms with E-state index >= 15 is 0 Å². The number of nitrogens with one attached hydrogen (secondary N) is 1. The van der Waals surface area contributed by atoms with Crippen LogP contribution in [0.3, 0.4) is 0 Å². The zero-order chi connectivity index (χ0) is 23.3. The fourth-order valence-corrected chi connectivity index (χ4v) is 3.21. The summed E-state index contributed by atoms with van der Waals surface area (Å²) in [5.41, 5.74) is 4.47. The van der Waals surface area contributed by atoms with Crippen molar-refractivity contribution in [1.82, 2.24) is 10.2 Å². The molecule has 0 unspecified atom stereocenters. The van der Waals surface area contributed by atoms with Crippen LogP contribution in [-0.2, 0) is 16.0 Å². The number of hydrogen-bond donors (Lipinski definition) is 7. The Morgan fingerprint density at radius 3 is 2.48 bits per heavy atom. The number of aromatic carboxylic acids is 1. The fraction of sp³-hybridized carbons (Fsp3) is 0.500. The number of carboxylic acids is 2. The topological polar surface area (TPSA) is 203 Å². The zero-order valence-electron chi connectivity index (χ0n) is 16.9. The van der Waals surface area contributed by atoms with Gasteiger partial charge in [-0.05, 0) is 31.3 Å². The van der Waals surface area contributed by atoms with Crippen molar-refractivity contribution in [1.29, 1.82) is 0 Å². The maximum atomic E-state index is 12.0.